The molecule has 0 aromatic heterocycles. The van der Waals surface area contributed by atoms with Crippen LogP contribution in [0.15, 0.2) is 41.3 Å². The summed E-state index contributed by atoms with van der Waals surface area (Å²) in [5.41, 5.74) is 4.22. The Morgan fingerprint density at radius 2 is 1.60 bits per heavy atom. The second-order valence-electron chi connectivity index (χ2n) is 6.62. The van der Waals surface area contributed by atoms with E-state index in [1.54, 1.807) is 22.5 Å². The fourth-order valence-electron chi connectivity index (χ4n) is 3.39. The van der Waals surface area contributed by atoms with E-state index in [0.29, 0.717) is 31.1 Å². The third-order valence-corrected chi connectivity index (χ3v) is 6.76. The normalized spacial score (nSPS) is 16.2. The van der Waals surface area contributed by atoms with Crippen LogP contribution in [0.2, 0.25) is 5.02 Å². The molecule has 1 fully saturated rings. The maximum absolute atomic E-state index is 12.8. The van der Waals surface area contributed by atoms with Crippen molar-refractivity contribution in [2.75, 3.05) is 31.1 Å². The van der Waals surface area contributed by atoms with Gasteiger partial charge in [0.2, 0.25) is 10.0 Å². The predicted molar refractivity (Wildman–Crippen MR) is 103 cm³/mol. The molecule has 0 amide bonds. The second kappa shape index (κ2) is 6.98. The van der Waals surface area contributed by atoms with Crippen LogP contribution in [-0.4, -0.2) is 38.9 Å². The van der Waals surface area contributed by atoms with Gasteiger partial charge in [0.15, 0.2) is 0 Å². The lowest BCUT2D eigenvalue weighted by molar-refractivity contribution is 0.384. The molecule has 0 N–H and O–H groups in total. The van der Waals surface area contributed by atoms with Gasteiger partial charge < -0.3 is 4.90 Å². The summed E-state index contributed by atoms with van der Waals surface area (Å²) in [6.45, 7) is 8.15. The first kappa shape index (κ1) is 18.2. The zero-order chi connectivity index (χ0) is 18.2. The molecule has 6 heteroatoms. The highest BCUT2D eigenvalue weighted by Crippen LogP contribution is 2.32. The quantitative estimate of drug-likeness (QED) is 0.816. The topological polar surface area (TPSA) is 40.6 Å². The summed E-state index contributed by atoms with van der Waals surface area (Å²) in [6.07, 6.45) is 0. The molecule has 0 unspecified atom stereocenters. The summed E-state index contributed by atoms with van der Waals surface area (Å²) < 4.78 is 27.3. The molecular formula is C19H23ClN2O2S. The first-order chi connectivity index (χ1) is 11.8. The number of nitrogens with zero attached hydrogens (tertiary/aromatic N) is 2. The van der Waals surface area contributed by atoms with Gasteiger partial charge in [-0.25, -0.2) is 8.42 Å². The van der Waals surface area contributed by atoms with Crippen molar-refractivity contribution in [1.29, 1.82) is 0 Å². The Morgan fingerprint density at radius 1 is 0.920 bits per heavy atom. The van der Waals surface area contributed by atoms with E-state index in [2.05, 4.69) is 11.0 Å². The van der Waals surface area contributed by atoms with Crippen molar-refractivity contribution in [2.45, 2.75) is 25.7 Å². The number of hydrogen-bond acceptors (Lipinski definition) is 3. The van der Waals surface area contributed by atoms with Crippen LogP contribution in [-0.2, 0) is 10.0 Å². The molecule has 0 saturated carbocycles. The van der Waals surface area contributed by atoms with Gasteiger partial charge in [0.25, 0.3) is 0 Å². The fourth-order valence-corrected chi connectivity index (χ4v) is 5.35. The lowest BCUT2D eigenvalue weighted by atomic mass is 10.1. The molecule has 4 nitrogen and oxygen atoms in total. The highest BCUT2D eigenvalue weighted by molar-refractivity contribution is 7.89. The van der Waals surface area contributed by atoms with Crippen molar-refractivity contribution in [3.8, 4) is 0 Å². The highest BCUT2D eigenvalue weighted by Gasteiger charge is 2.29. The van der Waals surface area contributed by atoms with Crippen molar-refractivity contribution < 1.29 is 8.42 Å². The van der Waals surface area contributed by atoms with E-state index in [1.165, 1.54) is 0 Å². The summed E-state index contributed by atoms with van der Waals surface area (Å²) in [6, 6.07) is 11.1. The van der Waals surface area contributed by atoms with E-state index in [1.807, 2.05) is 32.9 Å². The number of rotatable bonds is 3. The van der Waals surface area contributed by atoms with Gasteiger partial charge in [0, 0.05) is 26.2 Å². The minimum atomic E-state index is -3.44. The summed E-state index contributed by atoms with van der Waals surface area (Å²) in [5, 5.41) is 0.729. The zero-order valence-corrected chi connectivity index (χ0v) is 16.4. The molecule has 0 spiro atoms. The van der Waals surface area contributed by atoms with Crippen molar-refractivity contribution in [2.24, 2.45) is 0 Å². The number of piperazine rings is 1. The highest BCUT2D eigenvalue weighted by atomic mass is 35.5. The second-order valence-corrected chi connectivity index (χ2v) is 8.97. The Bertz CT molecular complexity index is 865. The molecule has 0 atom stereocenters. The van der Waals surface area contributed by atoms with Gasteiger partial charge in [0.1, 0.15) is 0 Å². The van der Waals surface area contributed by atoms with Crippen LogP contribution in [0.1, 0.15) is 16.7 Å². The van der Waals surface area contributed by atoms with Gasteiger partial charge in [-0.3, -0.25) is 0 Å². The first-order valence-corrected chi connectivity index (χ1v) is 10.2. The van der Waals surface area contributed by atoms with Gasteiger partial charge in [-0.15, -0.1) is 0 Å². The van der Waals surface area contributed by atoms with Crippen LogP contribution >= 0.6 is 11.6 Å². The fraction of sp³-hybridized carbons (Fsp3) is 0.368. The largest absolute Gasteiger partial charge is 0.367 e. The van der Waals surface area contributed by atoms with Crippen LogP contribution in [0, 0.1) is 20.8 Å². The van der Waals surface area contributed by atoms with Gasteiger partial charge in [-0.05, 0) is 55.7 Å². The summed E-state index contributed by atoms with van der Waals surface area (Å²) >= 11 is 6.43. The molecule has 25 heavy (non-hydrogen) atoms. The van der Waals surface area contributed by atoms with Crippen molar-refractivity contribution in [3.63, 3.8) is 0 Å². The number of benzene rings is 2. The van der Waals surface area contributed by atoms with Crippen LogP contribution < -0.4 is 4.90 Å². The number of halogens is 1. The number of sulfonamides is 1. The molecule has 0 radical (unpaired) electrons. The van der Waals surface area contributed by atoms with Gasteiger partial charge in [-0.2, -0.15) is 4.31 Å². The Hall–Kier alpha value is -1.56. The van der Waals surface area contributed by atoms with Gasteiger partial charge in [0.05, 0.1) is 15.6 Å². The van der Waals surface area contributed by atoms with Crippen LogP contribution in [0.5, 0.6) is 0 Å². The van der Waals surface area contributed by atoms with Crippen LogP contribution in [0.3, 0.4) is 0 Å². The van der Waals surface area contributed by atoms with Gasteiger partial charge >= 0.3 is 0 Å². The van der Waals surface area contributed by atoms with E-state index in [4.69, 9.17) is 11.6 Å². The molecule has 1 heterocycles. The minimum absolute atomic E-state index is 0.366. The first-order valence-electron chi connectivity index (χ1n) is 8.37. The Morgan fingerprint density at radius 3 is 2.20 bits per heavy atom. The Labute approximate surface area is 155 Å². The van der Waals surface area contributed by atoms with Crippen molar-refractivity contribution in [3.05, 3.63) is 58.1 Å². The van der Waals surface area contributed by atoms with E-state index >= 15 is 0 Å². The lowest BCUT2D eigenvalue weighted by Crippen LogP contribution is -2.49. The predicted octanol–water partition coefficient (Wildman–Crippen LogP) is 3.78. The number of hydrogen-bond donors (Lipinski definition) is 0. The summed E-state index contributed by atoms with van der Waals surface area (Å²) in [7, 11) is -3.44. The van der Waals surface area contributed by atoms with E-state index < -0.39 is 10.0 Å². The Kier molecular flexibility index (Phi) is 5.09. The Balaban J connectivity index is 1.78. The van der Waals surface area contributed by atoms with Gasteiger partial charge in [-0.1, -0.05) is 29.8 Å². The number of aryl methyl sites for hydroxylation is 3. The standard InChI is InChI=1S/C19H23ClN2O2S/c1-14-5-4-6-17(12-14)25(23,24)22-9-7-21(8-10-22)19-16(3)11-15(2)13-18(19)20/h4-6,11-13H,7-10H2,1-3H3. The summed E-state index contributed by atoms with van der Waals surface area (Å²) in [4.78, 5) is 2.55. The lowest BCUT2D eigenvalue weighted by Gasteiger charge is -2.36. The molecule has 1 aliphatic rings. The average molecular weight is 379 g/mol. The third kappa shape index (κ3) is 3.68. The van der Waals surface area contributed by atoms with Crippen molar-refractivity contribution in [1.82, 2.24) is 4.31 Å². The molecule has 2 aromatic carbocycles. The molecular weight excluding hydrogens is 356 g/mol. The SMILES string of the molecule is Cc1cccc(S(=O)(=O)N2CCN(c3c(C)cc(C)cc3Cl)CC2)c1. The van der Waals surface area contributed by atoms with E-state index in [9.17, 15) is 8.42 Å². The molecule has 1 aliphatic heterocycles. The van der Waals surface area contributed by atoms with Crippen LogP contribution in [0.4, 0.5) is 5.69 Å². The third-order valence-electron chi connectivity index (χ3n) is 4.58. The van der Waals surface area contributed by atoms with Crippen LogP contribution in [0.25, 0.3) is 0 Å². The van der Waals surface area contributed by atoms with E-state index in [-0.39, 0.29) is 0 Å². The monoisotopic (exact) mass is 378 g/mol. The maximum Gasteiger partial charge on any atom is 0.243 e. The molecule has 3 rings (SSSR count). The smallest absolute Gasteiger partial charge is 0.243 e. The molecule has 0 bridgehead atoms. The minimum Gasteiger partial charge on any atom is -0.367 e. The molecule has 2 aromatic rings. The van der Waals surface area contributed by atoms with E-state index in [0.717, 1.165) is 27.4 Å². The molecule has 0 aliphatic carbocycles. The molecule has 134 valence electrons. The number of anilines is 1. The summed E-state index contributed by atoms with van der Waals surface area (Å²) in [5.74, 6) is 0. The zero-order valence-electron chi connectivity index (χ0n) is 14.8. The van der Waals surface area contributed by atoms with Crippen molar-refractivity contribution >= 4 is 27.3 Å². The maximum atomic E-state index is 12.8. The average Bonchev–Trinajstić information content (AvgIpc) is 2.54. The molecule has 1 saturated heterocycles.